The maximum absolute atomic E-state index is 11.0. The molecule has 0 fully saturated rings. The smallest absolute Gasteiger partial charge is 0.268 e. The third kappa shape index (κ3) is 3.70. The van der Waals surface area contributed by atoms with Crippen molar-refractivity contribution >= 4 is 12.1 Å². The van der Waals surface area contributed by atoms with Crippen LogP contribution in [0.5, 0.6) is 5.75 Å². The van der Waals surface area contributed by atoms with Crippen LogP contribution in [0.3, 0.4) is 0 Å². The van der Waals surface area contributed by atoms with Crippen LogP contribution >= 0.6 is 0 Å². The van der Waals surface area contributed by atoms with Gasteiger partial charge in [-0.2, -0.15) is 5.10 Å². The molecule has 0 spiro atoms. The molecule has 0 aliphatic heterocycles. The van der Waals surface area contributed by atoms with E-state index in [0.29, 0.717) is 5.75 Å². The average molecular weight is 222 g/mol. The SMILES string of the molecule is COc1cccc(/C=N\NC(=O)[C@@H](C)O)c1. The summed E-state index contributed by atoms with van der Waals surface area (Å²) < 4.78 is 5.03. The number of hydrazone groups is 1. The van der Waals surface area contributed by atoms with Crippen LogP contribution in [0.15, 0.2) is 29.4 Å². The summed E-state index contributed by atoms with van der Waals surface area (Å²) in [5.41, 5.74) is 3.00. The maximum Gasteiger partial charge on any atom is 0.268 e. The van der Waals surface area contributed by atoms with Crippen molar-refractivity contribution in [3.63, 3.8) is 0 Å². The fraction of sp³-hybridized carbons (Fsp3) is 0.273. The molecule has 0 aliphatic rings. The Morgan fingerprint density at radius 3 is 3.00 bits per heavy atom. The minimum Gasteiger partial charge on any atom is -0.497 e. The van der Waals surface area contributed by atoms with Gasteiger partial charge in [-0.15, -0.1) is 0 Å². The molecule has 0 saturated heterocycles. The number of aliphatic hydroxyl groups excluding tert-OH is 1. The lowest BCUT2D eigenvalue weighted by molar-refractivity contribution is -0.128. The van der Waals surface area contributed by atoms with Crippen LogP contribution in [-0.2, 0) is 4.79 Å². The molecular weight excluding hydrogens is 208 g/mol. The van der Waals surface area contributed by atoms with Crippen molar-refractivity contribution in [1.82, 2.24) is 5.43 Å². The van der Waals surface area contributed by atoms with E-state index >= 15 is 0 Å². The molecule has 0 aromatic heterocycles. The van der Waals surface area contributed by atoms with E-state index in [-0.39, 0.29) is 0 Å². The molecular formula is C11H14N2O3. The second-order valence-electron chi connectivity index (χ2n) is 3.19. The summed E-state index contributed by atoms with van der Waals surface area (Å²) in [7, 11) is 1.57. The van der Waals surface area contributed by atoms with E-state index < -0.39 is 12.0 Å². The molecule has 0 aliphatic carbocycles. The molecule has 0 saturated carbocycles. The Labute approximate surface area is 93.7 Å². The lowest BCUT2D eigenvalue weighted by Crippen LogP contribution is -2.28. The molecule has 16 heavy (non-hydrogen) atoms. The number of rotatable bonds is 4. The van der Waals surface area contributed by atoms with E-state index in [9.17, 15) is 4.79 Å². The Morgan fingerprint density at radius 1 is 1.62 bits per heavy atom. The Kier molecular flexibility index (Phi) is 4.47. The fourth-order valence-electron chi connectivity index (χ4n) is 0.986. The van der Waals surface area contributed by atoms with Gasteiger partial charge >= 0.3 is 0 Å². The predicted octanol–water partition coefficient (Wildman–Crippen LogP) is 0.526. The molecule has 1 atom stereocenters. The lowest BCUT2D eigenvalue weighted by Gasteiger charge is -2.01. The first-order chi connectivity index (χ1) is 7.63. The molecule has 0 radical (unpaired) electrons. The molecule has 1 aromatic carbocycles. The number of nitrogens with zero attached hydrogens (tertiary/aromatic N) is 1. The molecule has 0 heterocycles. The first-order valence-corrected chi connectivity index (χ1v) is 4.78. The number of amides is 1. The maximum atomic E-state index is 11.0. The van der Waals surface area contributed by atoms with Gasteiger partial charge in [0.25, 0.3) is 5.91 Å². The van der Waals surface area contributed by atoms with Gasteiger partial charge < -0.3 is 9.84 Å². The van der Waals surface area contributed by atoms with E-state index in [1.54, 1.807) is 13.2 Å². The Bertz CT molecular complexity index is 389. The molecule has 5 nitrogen and oxygen atoms in total. The van der Waals surface area contributed by atoms with Gasteiger partial charge in [0.1, 0.15) is 11.9 Å². The second-order valence-corrected chi connectivity index (χ2v) is 3.19. The standard InChI is InChI=1S/C11H14N2O3/c1-8(14)11(15)13-12-7-9-4-3-5-10(6-9)16-2/h3-8,14H,1-2H3,(H,13,15)/b12-7-/t8-/m1/s1. The normalized spacial score (nSPS) is 12.4. The topological polar surface area (TPSA) is 70.9 Å². The van der Waals surface area contributed by atoms with Gasteiger partial charge in [0.05, 0.1) is 13.3 Å². The van der Waals surface area contributed by atoms with Crippen molar-refractivity contribution < 1.29 is 14.6 Å². The zero-order chi connectivity index (χ0) is 12.0. The van der Waals surface area contributed by atoms with E-state index in [0.717, 1.165) is 5.56 Å². The number of hydrogen-bond acceptors (Lipinski definition) is 4. The number of hydrogen-bond donors (Lipinski definition) is 2. The van der Waals surface area contributed by atoms with Crippen LogP contribution in [-0.4, -0.2) is 30.4 Å². The van der Waals surface area contributed by atoms with Crippen molar-refractivity contribution in [3.8, 4) is 5.75 Å². The highest BCUT2D eigenvalue weighted by atomic mass is 16.5. The number of aliphatic hydroxyl groups is 1. The summed E-state index contributed by atoms with van der Waals surface area (Å²) in [4.78, 5) is 11.0. The fourth-order valence-corrected chi connectivity index (χ4v) is 0.986. The minimum absolute atomic E-state index is 0.542. The molecule has 1 rings (SSSR count). The van der Waals surface area contributed by atoms with Crippen LogP contribution in [0.1, 0.15) is 12.5 Å². The highest BCUT2D eigenvalue weighted by Gasteiger charge is 2.05. The van der Waals surface area contributed by atoms with Gasteiger partial charge in [-0.05, 0) is 24.6 Å². The molecule has 86 valence electrons. The van der Waals surface area contributed by atoms with Crippen LogP contribution in [0.4, 0.5) is 0 Å². The minimum atomic E-state index is -1.07. The van der Waals surface area contributed by atoms with Crippen LogP contribution in [0.25, 0.3) is 0 Å². The van der Waals surface area contributed by atoms with Crippen molar-refractivity contribution in [3.05, 3.63) is 29.8 Å². The number of methoxy groups -OCH3 is 1. The predicted molar refractivity (Wildman–Crippen MR) is 60.4 cm³/mol. The third-order valence-electron chi connectivity index (χ3n) is 1.86. The number of carbonyl (C=O) groups excluding carboxylic acids is 1. The Morgan fingerprint density at radius 2 is 2.38 bits per heavy atom. The van der Waals surface area contributed by atoms with Crippen LogP contribution in [0, 0.1) is 0 Å². The van der Waals surface area contributed by atoms with Gasteiger partial charge in [0.2, 0.25) is 0 Å². The number of carbonyl (C=O) groups is 1. The van der Waals surface area contributed by atoms with E-state index in [1.807, 2.05) is 18.2 Å². The Balaban J connectivity index is 2.59. The van der Waals surface area contributed by atoms with Crippen molar-refractivity contribution in [2.75, 3.05) is 7.11 Å². The zero-order valence-electron chi connectivity index (χ0n) is 9.18. The monoisotopic (exact) mass is 222 g/mol. The highest BCUT2D eigenvalue weighted by Crippen LogP contribution is 2.10. The first-order valence-electron chi connectivity index (χ1n) is 4.78. The molecule has 0 bridgehead atoms. The summed E-state index contributed by atoms with van der Waals surface area (Å²) >= 11 is 0. The molecule has 5 heteroatoms. The van der Waals surface area contributed by atoms with Crippen LogP contribution < -0.4 is 10.2 Å². The highest BCUT2D eigenvalue weighted by molar-refractivity contribution is 5.84. The molecule has 0 unspecified atom stereocenters. The lowest BCUT2D eigenvalue weighted by atomic mass is 10.2. The quantitative estimate of drug-likeness (QED) is 0.576. The van der Waals surface area contributed by atoms with Crippen molar-refractivity contribution in [2.45, 2.75) is 13.0 Å². The first kappa shape index (κ1) is 12.2. The van der Waals surface area contributed by atoms with Gasteiger partial charge in [-0.25, -0.2) is 5.43 Å². The van der Waals surface area contributed by atoms with Gasteiger partial charge in [-0.1, -0.05) is 12.1 Å². The molecule has 1 amide bonds. The Hall–Kier alpha value is -1.88. The van der Waals surface area contributed by atoms with Crippen LogP contribution in [0.2, 0.25) is 0 Å². The number of nitrogens with one attached hydrogen (secondary N) is 1. The third-order valence-corrected chi connectivity index (χ3v) is 1.86. The summed E-state index contributed by atoms with van der Waals surface area (Å²) in [5, 5.41) is 12.6. The van der Waals surface area contributed by atoms with E-state index in [2.05, 4.69) is 10.5 Å². The van der Waals surface area contributed by atoms with E-state index in [4.69, 9.17) is 9.84 Å². The number of benzene rings is 1. The van der Waals surface area contributed by atoms with Gasteiger partial charge in [-0.3, -0.25) is 4.79 Å². The molecule has 1 aromatic rings. The number of ether oxygens (including phenoxy) is 1. The summed E-state index contributed by atoms with van der Waals surface area (Å²) in [5.74, 6) is 0.171. The molecule has 2 N–H and O–H groups in total. The average Bonchev–Trinajstić information content (AvgIpc) is 2.29. The zero-order valence-corrected chi connectivity index (χ0v) is 9.18. The largest absolute Gasteiger partial charge is 0.497 e. The second kappa shape index (κ2) is 5.87. The van der Waals surface area contributed by atoms with Crippen molar-refractivity contribution in [2.24, 2.45) is 5.10 Å². The van der Waals surface area contributed by atoms with Gasteiger partial charge in [0.15, 0.2) is 0 Å². The van der Waals surface area contributed by atoms with E-state index in [1.165, 1.54) is 13.1 Å². The summed E-state index contributed by atoms with van der Waals surface area (Å²) in [6.45, 7) is 1.37. The van der Waals surface area contributed by atoms with Crippen molar-refractivity contribution in [1.29, 1.82) is 0 Å². The summed E-state index contributed by atoms with van der Waals surface area (Å²) in [6, 6.07) is 7.22. The summed E-state index contributed by atoms with van der Waals surface area (Å²) in [6.07, 6.45) is 0.408. The van der Waals surface area contributed by atoms with Gasteiger partial charge in [0, 0.05) is 0 Å².